The fourth-order valence-electron chi connectivity index (χ4n) is 2.55. The number of rotatable bonds is 4. The lowest BCUT2D eigenvalue weighted by Crippen LogP contribution is -2.33. The minimum atomic E-state index is -0.741. The molecule has 0 radical (unpaired) electrons. The Morgan fingerprint density at radius 2 is 1.85 bits per heavy atom. The maximum atomic E-state index is 12.6. The Kier molecular flexibility index (Phi) is 5.32. The number of anilines is 1. The van der Waals surface area contributed by atoms with Crippen LogP contribution in [0, 0.1) is 6.92 Å². The molecule has 6 heteroatoms. The van der Waals surface area contributed by atoms with Crippen molar-refractivity contribution in [2.75, 3.05) is 5.32 Å². The molecule has 1 unspecified atom stereocenters. The molecule has 26 heavy (non-hydrogen) atoms. The normalized spacial score (nSPS) is 11.8. The summed E-state index contributed by atoms with van der Waals surface area (Å²) in [7, 11) is 0. The molecule has 0 spiro atoms. The van der Waals surface area contributed by atoms with Gasteiger partial charge < -0.3 is 5.32 Å². The van der Waals surface area contributed by atoms with Crippen molar-refractivity contribution in [3.8, 4) is 11.3 Å². The van der Waals surface area contributed by atoms with E-state index in [2.05, 4.69) is 26.3 Å². The highest BCUT2D eigenvalue weighted by atomic mass is 79.9. The quantitative estimate of drug-likeness (QED) is 0.699. The van der Waals surface area contributed by atoms with Gasteiger partial charge in [-0.15, -0.1) is 0 Å². The highest BCUT2D eigenvalue weighted by Crippen LogP contribution is 2.21. The smallest absolute Gasteiger partial charge is 0.267 e. The fourth-order valence-corrected chi connectivity index (χ4v) is 2.79. The summed E-state index contributed by atoms with van der Waals surface area (Å²) in [6.45, 7) is 3.60. The highest BCUT2D eigenvalue weighted by Gasteiger charge is 2.18. The van der Waals surface area contributed by atoms with E-state index in [-0.39, 0.29) is 11.5 Å². The first-order valence-electron chi connectivity index (χ1n) is 8.18. The molecule has 0 saturated heterocycles. The van der Waals surface area contributed by atoms with Gasteiger partial charge in [-0.05, 0) is 43.7 Å². The van der Waals surface area contributed by atoms with E-state index in [1.54, 1.807) is 19.1 Å². The summed E-state index contributed by atoms with van der Waals surface area (Å²) in [5.41, 5.74) is 2.90. The standard InChI is InChI=1S/C20H18BrN3O2/c1-13-12-16(8-9-17(13)21)22-20(26)14(2)24-19(25)11-10-18(23-24)15-6-4-3-5-7-15/h3-12,14H,1-2H3,(H,22,26). The Morgan fingerprint density at radius 3 is 2.54 bits per heavy atom. The van der Waals surface area contributed by atoms with E-state index in [0.717, 1.165) is 15.6 Å². The van der Waals surface area contributed by atoms with Crippen molar-refractivity contribution in [2.24, 2.45) is 0 Å². The van der Waals surface area contributed by atoms with Crippen LogP contribution in [-0.2, 0) is 4.79 Å². The van der Waals surface area contributed by atoms with Gasteiger partial charge >= 0.3 is 0 Å². The van der Waals surface area contributed by atoms with Crippen LogP contribution in [0.1, 0.15) is 18.5 Å². The van der Waals surface area contributed by atoms with Crippen LogP contribution in [-0.4, -0.2) is 15.7 Å². The van der Waals surface area contributed by atoms with E-state index in [1.807, 2.05) is 49.4 Å². The monoisotopic (exact) mass is 411 g/mol. The van der Waals surface area contributed by atoms with Crippen molar-refractivity contribution >= 4 is 27.5 Å². The number of hydrogen-bond acceptors (Lipinski definition) is 3. The van der Waals surface area contributed by atoms with Gasteiger partial charge in [0, 0.05) is 21.8 Å². The highest BCUT2D eigenvalue weighted by molar-refractivity contribution is 9.10. The van der Waals surface area contributed by atoms with Crippen LogP contribution >= 0.6 is 15.9 Å². The number of benzene rings is 2. The zero-order valence-corrected chi connectivity index (χ0v) is 16.0. The molecule has 0 fully saturated rings. The van der Waals surface area contributed by atoms with Crippen LogP contribution in [0.4, 0.5) is 5.69 Å². The molecular weight excluding hydrogens is 394 g/mol. The largest absolute Gasteiger partial charge is 0.324 e. The number of aromatic nitrogens is 2. The minimum Gasteiger partial charge on any atom is -0.324 e. The molecule has 1 amide bonds. The minimum absolute atomic E-state index is 0.300. The third-order valence-corrected chi connectivity index (χ3v) is 4.96. The first-order valence-corrected chi connectivity index (χ1v) is 8.97. The average Bonchev–Trinajstić information content (AvgIpc) is 2.65. The molecule has 132 valence electrons. The van der Waals surface area contributed by atoms with E-state index in [0.29, 0.717) is 11.4 Å². The number of nitrogens with one attached hydrogen (secondary N) is 1. The summed E-state index contributed by atoms with van der Waals surface area (Å²) in [6, 6.07) is 17.4. The number of carbonyl (C=O) groups is 1. The van der Waals surface area contributed by atoms with Crippen LogP contribution in [0.2, 0.25) is 0 Å². The van der Waals surface area contributed by atoms with Crippen molar-refractivity contribution in [1.29, 1.82) is 0 Å². The van der Waals surface area contributed by atoms with Gasteiger partial charge in [0.25, 0.3) is 5.56 Å². The summed E-state index contributed by atoms with van der Waals surface area (Å²) in [5, 5.41) is 7.21. The fraction of sp³-hybridized carbons (Fsp3) is 0.150. The van der Waals surface area contributed by atoms with Crippen molar-refractivity contribution in [2.45, 2.75) is 19.9 Å². The van der Waals surface area contributed by atoms with E-state index >= 15 is 0 Å². The molecule has 2 aromatic carbocycles. The van der Waals surface area contributed by atoms with Crippen LogP contribution in [0.25, 0.3) is 11.3 Å². The Balaban J connectivity index is 1.86. The van der Waals surface area contributed by atoms with Crippen LogP contribution in [0.5, 0.6) is 0 Å². The Hall–Kier alpha value is -2.73. The molecule has 0 aliphatic rings. The van der Waals surface area contributed by atoms with E-state index in [9.17, 15) is 9.59 Å². The molecule has 3 rings (SSSR count). The van der Waals surface area contributed by atoms with E-state index < -0.39 is 6.04 Å². The molecule has 0 aliphatic heterocycles. The third-order valence-electron chi connectivity index (χ3n) is 4.07. The molecule has 5 nitrogen and oxygen atoms in total. The number of carbonyl (C=O) groups excluding carboxylic acids is 1. The van der Waals surface area contributed by atoms with Crippen molar-refractivity contribution in [1.82, 2.24) is 9.78 Å². The number of halogens is 1. The third kappa shape index (κ3) is 3.91. The van der Waals surface area contributed by atoms with Crippen LogP contribution in [0.3, 0.4) is 0 Å². The maximum absolute atomic E-state index is 12.6. The van der Waals surface area contributed by atoms with Crippen molar-refractivity contribution in [3.05, 3.63) is 81.1 Å². The van der Waals surface area contributed by atoms with E-state index in [4.69, 9.17) is 0 Å². The molecule has 0 bridgehead atoms. The lowest BCUT2D eigenvalue weighted by molar-refractivity contribution is -0.119. The van der Waals surface area contributed by atoms with Gasteiger partial charge in [-0.3, -0.25) is 9.59 Å². The van der Waals surface area contributed by atoms with Gasteiger partial charge in [0.1, 0.15) is 6.04 Å². The Morgan fingerprint density at radius 1 is 1.12 bits per heavy atom. The predicted octanol–water partition coefficient (Wildman–Crippen LogP) is 4.18. The number of aryl methyl sites for hydroxylation is 1. The second-order valence-electron chi connectivity index (χ2n) is 6.00. The molecule has 1 N–H and O–H groups in total. The molecule has 0 saturated carbocycles. The average molecular weight is 412 g/mol. The van der Waals surface area contributed by atoms with Gasteiger partial charge in [0.2, 0.25) is 5.91 Å². The molecule has 1 aromatic heterocycles. The molecule has 3 aromatic rings. The second kappa shape index (κ2) is 7.66. The summed E-state index contributed by atoms with van der Waals surface area (Å²) < 4.78 is 2.18. The first kappa shape index (κ1) is 18.1. The van der Waals surface area contributed by atoms with Crippen molar-refractivity contribution in [3.63, 3.8) is 0 Å². The molecular formula is C20H18BrN3O2. The first-order chi connectivity index (χ1) is 12.5. The molecule has 1 heterocycles. The zero-order chi connectivity index (χ0) is 18.7. The molecule has 0 aliphatic carbocycles. The van der Waals surface area contributed by atoms with Crippen LogP contribution in [0.15, 0.2) is 69.9 Å². The lowest BCUT2D eigenvalue weighted by atomic mass is 10.1. The summed E-state index contributed by atoms with van der Waals surface area (Å²) in [6.07, 6.45) is 0. The predicted molar refractivity (Wildman–Crippen MR) is 106 cm³/mol. The number of amides is 1. The zero-order valence-electron chi connectivity index (χ0n) is 14.4. The SMILES string of the molecule is Cc1cc(NC(=O)C(C)n2nc(-c3ccccc3)ccc2=O)ccc1Br. The molecule has 1 atom stereocenters. The summed E-state index contributed by atoms with van der Waals surface area (Å²) in [5.74, 6) is -0.300. The van der Waals surface area contributed by atoms with Gasteiger partial charge in [-0.25, -0.2) is 4.68 Å². The number of hydrogen-bond donors (Lipinski definition) is 1. The van der Waals surface area contributed by atoms with Gasteiger partial charge in [-0.2, -0.15) is 5.10 Å². The van der Waals surface area contributed by atoms with Gasteiger partial charge in [0.15, 0.2) is 0 Å². The number of nitrogens with zero attached hydrogens (tertiary/aromatic N) is 2. The lowest BCUT2D eigenvalue weighted by Gasteiger charge is -2.15. The van der Waals surface area contributed by atoms with Crippen LogP contribution < -0.4 is 10.9 Å². The van der Waals surface area contributed by atoms with Gasteiger partial charge in [0.05, 0.1) is 5.69 Å². The Bertz CT molecular complexity index is 999. The second-order valence-corrected chi connectivity index (χ2v) is 6.85. The summed E-state index contributed by atoms with van der Waals surface area (Å²) in [4.78, 5) is 24.8. The topological polar surface area (TPSA) is 64.0 Å². The van der Waals surface area contributed by atoms with E-state index in [1.165, 1.54) is 10.7 Å². The van der Waals surface area contributed by atoms with Gasteiger partial charge in [-0.1, -0.05) is 46.3 Å². The van der Waals surface area contributed by atoms with Crippen molar-refractivity contribution < 1.29 is 4.79 Å². The maximum Gasteiger partial charge on any atom is 0.267 e. The summed E-state index contributed by atoms with van der Waals surface area (Å²) >= 11 is 3.43. The Labute approximate surface area is 159 Å².